The Morgan fingerprint density at radius 2 is 1.46 bits per heavy atom. The van der Waals surface area contributed by atoms with Crippen LogP contribution >= 0.6 is 23.2 Å². The molecule has 0 bridgehead atoms. The molecule has 0 spiro atoms. The third-order valence-electron chi connectivity index (χ3n) is 1.31. The van der Waals surface area contributed by atoms with E-state index in [9.17, 15) is 0 Å². The average molecular weight is 215 g/mol. The molecule has 0 atom stereocenters. The molecule has 0 aliphatic heterocycles. The maximum atomic E-state index is 8.89. The molecule has 0 aliphatic carbocycles. The van der Waals surface area contributed by atoms with Crippen molar-refractivity contribution in [2.75, 3.05) is 0 Å². The van der Waals surface area contributed by atoms with Crippen LogP contribution < -0.4 is 0 Å². The summed E-state index contributed by atoms with van der Waals surface area (Å²) in [6.45, 7) is 11.0. The fraction of sp³-hybridized carbons (Fsp3) is 1.00. The Morgan fingerprint density at radius 3 is 1.85 bits per heavy atom. The van der Waals surface area contributed by atoms with Crippen LogP contribution in [0.4, 0.5) is 0 Å². The van der Waals surface area contributed by atoms with Gasteiger partial charge in [0.25, 0.3) is 0 Å². The smallest absolute Gasteiger partial charge is 0.368 e. The Balaban J connectivity index is 3.86. The summed E-state index contributed by atoms with van der Waals surface area (Å²) in [6, 6.07) is 0. The van der Waals surface area contributed by atoms with Crippen molar-refractivity contribution in [1.82, 2.24) is 0 Å². The molecular formula is C6H14B3O2S2. The van der Waals surface area contributed by atoms with E-state index in [4.69, 9.17) is 10.0 Å². The molecule has 7 heteroatoms. The highest BCUT2D eigenvalue weighted by Gasteiger charge is 2.26. The normalized spacial score (nSPS) is 12.5. The summed E-state index contributed by atoms with van der Waals surface area (Å²) in [6.07, 6.45) is 0. The van der Waals surface area contributed by atoms with Crippen LogP contribution in [0, 0.1) is 0 Å². The summed E-state index contributed by atoms with van der Waals surface area (Å²) in [5, 5.41) is 17.5. The molecule has 0 fully saturated rings. The van der Waals surface area contributed by atoms with Crippen LogP contribution in [0.1, 0.15) is 27.7 Å². The van der Waals surface area contributed by atoms with Crippen LogP contribution in [-0.4, -0.2) is 40.1 Å². The van der Waals surface area contributed by atoms with Crippen LogP contribution in [0.3, 0.4) is 0 Å². The van der Waals surface area contributed by atoms with Crippen molar-refractivity contribution < 1.29 is 10.0 Å². The molecular weight excluding hydrogens is 201 g/mol. The maximum absolute atomic E-state index is 8.89. The third kappa shape index (κ3) is 6.83. The second-order valence-corrected chi connectivity index (χ2v) is 6.82. The first-order valence-electron chi connectivity index (χ1n) is 3.97. The molecule has 71 valence electrons. The van der Waals surface area contributed by atoms with E-state index in [2.05, 4.69) is 0 Å². The van der Waals surface area contributed by atoms with Gasteiger partial charge in [-0.1, -0.05) is 27.7 Å². The van der Waals surface area contributed by atoms with Crippen molar-refractivity contribution in [2.24, 2.45) is 0 Å². The molecule has 0 heterocycles. The molecule has 0 saturated heterocycles. The molecule has 0 amide bonds. The van der Waals surface area contributed by atoms with Gasteiger partial charge in [0.1, 0.15) is 0 Å². The van der Waals surface area contributed by atoms with Crippen molar-refractivity contribution >= 4 is 44.0 Å². The number of hydrogen-bond acceptors (Lipinski definition) is 4. The summed E-state index contributed by atoms with van der Waals surface area (Å²) < 4.78 is -0.396. The van der Waals surface area contributed by atoms with E-state index in [0.717, 1.165) is 6.76 Å². The Bertz CT molecular complexity index is 155. The fourth-order valence-corrected chi connectivity index (χ4v) is 1.77. The Kier molecular flexibility index (Phi) is 5.99. The lowest BCUT2D eigenvalue weighted by atomic mass is 9.83. The minimum Gasteiger partial charge on any atom is -0.453 e. The summed E-state index contributed by atoms with van der Waals surface area (Å²) in [5.74, 6) is 0. The summed E-state index contributed by atoms with van der Waals surface area (Å²) >= 11 is 2.89. The van der Waals surface area contributed by atoms with Gasteiger partial charge in [0, 0.05) is 4.65 Å². The number of hydrogen-bond donors (Lipinski definition) is 2. The standard InChI is InChI=1S/C6H14B3O2S2/c1-5(2,7-10)12-8-6(3,4)13-9-11/h10-11H,1-4H3. The van der Waals surface area contributed by atoms with E-state index in [1.165, 1.54) is 19.1 Å². The Morgan fingerprint density at radius 1 is 0.923 bits per heavy atom. The van der Waals surface area contributed by atoms with Gasteiger partial charge in [0.2, 0.25) is 6.56 Å². The highest BCUT2D eigenvalue weighted by Crippen LogP contribution is 2.30. The van der Waals surface area contributed by atoms with Crippen molar-refractivity contribution in [3.63, 3.8) is 0 Å². The van der Waals surface area contributed by atoms with Crippen LogP contribution in [0.25, 0.3) is 0 Å². The van der Waals surface area contributed by atoms with Gasteiger partial charge < -0.3 is 10.0 Å². The molecule has 0 rings (SSSR count). The molecule has 2 N–H and O–H groups in total. The Hall–Kier alpha value is 0.815. The van der Waals surface area contributed by atoms with E-state index in [0.29, 0.717) is 0 Å². The second-order valence-electron chi connectivity index (χ2n) is 3.79. The molecule has 0 saturated carbocycles. The maximum Gasteiger partial charge on any atom is 0.368 e. The first-order valence-corrected chi connectivity index (χ1v) is 5.73. The lowest BCUT2D eigenvalue weighted by Gasteiger charge is -2.27. The second kappa shape index (κ2) is 5.64. The quantitative estimate of drug-likeness (QED) is 0.639. The third-order valence-corrected chi connectivity index (χ3v) is 3.71. The highest BCUT2D eigenvalue weighted by atomic mass is 32.2. The molecule has 13 heavy (non-hydrogen) atoms. The van der Waals surface area contributed by atoms with Crippen molar-refractivity contribution in [3.05, 3.63) is 0 Å². The summed E-state index contributed by atoms with van der Waals surface area (Å²) in [4.78, 5) is 0. The fourth-order valence-electron chi connectivity index (χ4n) is 0.488. The van der Waals surface area contributed by atoms with Gasteiger partial charge in [-0.25, -0.2) is 11.6 Å². The highest BCUT2D eigenvalue weighted by molar-refractivity contribution is 8.30. The molecule has 2 nitrogen and oxygen atoms in total. The molecule has 0 aliphatic rings. The van der Waals surface area contributed by atoms with E-state index < -0.39 is 0 Å². The van der Waals surface area contributed by atoms with Gasteiger partial charge in [0.05, 0.1) is 0 Å². The molecule has 0 aromatic rings. The van der Waals surface area contributed by atoms with E-state index in [1.807, 2.05) is 34.3 Å². The lowest BCUT2D eigenvalue weighted by Crippen LogP contribution is -2.31. The van der Waals surface area contributed by atoms with Crippen LogP contribution in [0.15, 0.2) is 0 Å². The zero-order valence-electron chi connectivity index (χ0n) is 8.44. The van der Waals surface area contributed by atoms with Crippen molar-refractivity contribution in [1.29, 1.82) is 0 Å². The minimum atomic E-state index is -0.271. The van der Waals surface area contributed by atoms with E-state index >= 15 is 0 Å². The van der Waals surface area contributed by atoms with Crippen molar-refractivity contribution in [2.45, 2.75) is 37.0 Å². The summed E-state index contributed by atoms with van der Waals surface area (Å²) in [5.41, 5.74) is 0. The zero-order chi connectivity index (χ0) is 10.5. The predicted octanol–water partition coefficient (Wildman–Crippen LogP) is 0.682. The lowest BCUT2D eigenvalue weighted by molar-refractivity contribution is 0.582. The summed E-state index contributed by atoms with van der Waals surface area (Å²) in [7, 11) is 1.18. The van der Waals surface area contributed by atoms with Gasteiger partial charge in [-0.05, 0) is 4.65 Å². The van der Waals surface area contributed by atoms with Crippen LogP contribution in [-0.2, 0) is 0 Å². The van der Waals surface area contributed by atoms with Gasteiger partial charge in [-0.15, -0.1) is 0 Å². The van der Waals surface area contributed by atoms with Gasteiger partial charge >= 0.3 is 14.2 Å². The number of rotatable bonds is 6. The molecule has 3 radical (unpaired) electrons. The molecule has 0 aromatic heterocycles. The average Bonchev–Trinajstić information content (AvgIpc) is 2.02. The first kappa shape index (κ1) is 13.8. The van der Waals surface area contributed by atoms with E-state index in [-0.39, 0.29) is 9.29 Å². The van der Waals surface area contributed by atoms with Gasteiger partial charge in [-0.2, -0.15) is 11.6 Å². The predicted molar refractivity (Wildman–Crippen MR) is 65.0 cm³/mol. The molecule has 0 unspecified atom stereocenters. The van der Waals surface area contributed by atoms with E-state index in [1.54, 1.807) is 11.6 Å². The van der Waals surface area contributed by atoms with Crippen LogP contribution in [0.5, 0.6) is 0 Å². The SMILES string of the molecule is CC(C)([B]O)S[B]C(C)(C)S[B]O. The minimum absolute atomic E-state index is 0.125. The monoisotopic (exact) mass is 215 g/mol. The first-order chi connectivity index (χ1) is 5.83. The van der Waals surface area contributed by atoms with Crippen molar-refractivity contribution in [3.8, 4) is 0 Å². The zero-order valence-corrected chi connectivity index (χ0v) is 10.1. The van der Waals surface area contributed by atoms with Crippen LogP contribution in [0.2, 0.25) is 0 Å². The Labute approximate surface area is 91.2 Å². The topological polar surface area (TPSA) is 40.5 Å². The van der Waals surface area contributed by atoms with Gasteiger partial charge in [0.15, 0.2) is 0 Å². The molecule has 0 aromatic carbocycles. The van der Waals surface area contributed by atoms with Gasteiger partial charge in [-0.3, -0.25) is 0 Å². The largest absolute Gasteiger partial charge is 0.453 e.